The Bertz CT molecular complexity index is 276. The van der Waals surface area contributed by atoms with Crippen molar-refractivity contribution in [1.82, 2.24) is 9.97 Å². The van der Waals surface area contributed by atoms with Crippen molar-refractivity contribution in [2.75, 3.05) is 0 Å². The average Bonchev–Trinajstić information content (AvgIpc) is 2.45. The van der Waals surface area contributed by atoms with Crippen LogP contribution in [0.2, 0.25) is 0 Å². The number of hydrogen-bond acceptors (Lipinski definition) is 8. The van der Waals surface area contributed by atoms with Crippen LogP contribution in [0.1, 0.15) is 0 Å². The molecule has 0 aliphatic heterocycles. The standard InChI is InChI=1S/2C5H5N.2HNO2.Pd/c2*1-2-4-6-5-3-1;2*2-1-3;/h2*1-5H;2*(H,2,3);/p-2. The molecule has 0 unspecified atom stereocenters. The number of hydrogen-bond donors (Lipinski definition) is 0. The number of rotatable bonds is 0. The molecule has 0 aromatic carbocycles. The maximum Gasteiger partial charge on any atom is 0.0267 e. The van der Waals surface area contributed by atoms with Gasteiger partial charge in [-0.1, -0.05) is 12.1 Å². The SMILES string of the molecule is O=N[O-].O=N[O-].[Pd].c1ccncc1.c1ccncc1. The van der Waals surface area contributed by atoms with E-state index < -0.39 is 0 Å². The van der Waals surface area contributed by atoms with Gasteiger partial charge in [-0.3, -0.25) is 9.97 Å². The van der Waals surface area contributed by atoms with Gasteiger partial charge in [-0.2, -0.15) is 0 Å². The molecule has 0 atom stereocenters. The topological polar surface area (TPSA) is 131 Å². The molecule has 0 bridgehead atoms. The maximum atomic E-state index is 8.00. The number of pyridine rings is 2. The van der Waals surface area contributed by atoms with Gasteiger partial charge in [-0.15, -0.1) is 10.7 Å². The van der Waals surface area contributed by atoms with Crippen LogP contribution in [0.15, 0.2) is 71.9 Å². The molecule has 19 heavy (non-hydrogen) atoms. The summed E-state index contributed by atoms with van der Waals surface area (Å²) in [7, 11) is 0. The van der Waals surface area contributed by atoms with Crippen LogP contribution < -0.4 is 0 Å². The first-order chi connectivity index (χ1) is 8.83. The van der Waals surface area contributed by atoms with Crippen LogP contribution in [0, 0.1) is 20.2 Å². The Hall–Kier alpha value is -2.24. The zero-order chi connectivity index (χ0) is 13.9. The molecule has 0 aliphatic carbocycles. The molecule has 2 aromatic heterocycles. The zero-order valence-electron chi connectivity index (χ0n) is 9.51. The van der Waals surface area contributed by atoms with Crippen LogP contribution in [0.5, 0.6) is 0 Å². The molecular weight excluding hydrogens is 347 g/mol. The smallest absolute Gasteiger partial charge is 0.0267 e. The van der Waals surface area contributed by atoms with Crippen molar-refractivity contribution in [1.29, 1.82) is 0 Å². The molecule has 2 rings (SSSR count). The predicted octanol–water partition coefficient (Wildman–Crippen LogP) is 2.66. The Morgan fingerprint density at radius 1 is 0.632 bits per heavy atom. The van der Waals surface area contributed by atoms with Gasteiger partial charge in [0.1, 0.15) is 0 Å². The molecule has 8 nitrogen and oxygen atoms in total. The van der Waals surface area contributed by atoms with Crippen molar-refractivity contribution in [3.63, 3.8) is 0 Å². The van der Waals surface area contributed by atoms with E-state index in [9.17, 15) is 0 Å². The Labute approximate surface area is 123 Å². The molecule has 2 aromatic rings. The van der Waals surface area contributed by atoms with E-state index in [1.807, 2.05) is 36.4 Å². The van der Waals surface area contributed by atoms with E-state index in [0.29, 0.717) is 0 Å². The van der Waals surface area contributed by atoms with Gasteiger partial charge < -0.3 is 20.2 Å². The van der Waals surface area contributed by atoms with Crippen molar-refractivity contribution >= 4 is 0 Å². The molecule has 0 N–H and O–H groups in total. The summed E-state index contributed by atoms with van der Waals surface area (Å²) in [6.45, 7) is 0. The quantitative estimate of drug-likeness (QED) is 0.405. The van der Waals surface area contributed by atoms with Crippen LogP contribution >= 0.6 is 0 Å². The third-order valence-corrected chi connectivity index (χ3v) is 1.13. The number of nitrogens with zero attached hydrogens (tertiary/aromatic N) is 4. The Morgan fingerprint density at radius 2 is 0.842 bits per heavy atom. The molecule has 0 saturated heterocycles. The van der Waals surface area contributed by atoms with Crippen molar-refractivity contribution in [3.05, 3.63) is 81.4 Å². The molecule has 2 heterocycles. The van der Waals surface area contributed by atoms with E-state index >= 15 is 0 Å². The number of aromatic nitrogens is 2. The second-order valence-corrected chi connectivity index (χ2v) is 2.20. The predicted molar refractivity (Wildman–Crippen MR) is 66.8 cm³/mol. The van der Waals surface area contributed by atoms with Gasteiger partial charge >= 0.3 is 0 Å². The van der Waals surface area contributed by atoms with Gasteiger partial charge in [0.05, 0.1) is 0 Å². The molecule has 0 amide bonds. The van der Waals surface area contributed by atoms with E-state index in [0.717, 1.165) is 10.7 Å². The first-order valence-corrected chi connectivity index (χ1v) is 4.43. The van der Waals surface area contributed by atoms with E-state index in [4.69, 9.17) is 20.2 Å². The molecular formula is C10H10N4O4Pd-2. The Balaban J connectivity index is -0.000000188. The molecule has 0 radical (unpaired) electrons. The van der Waals surface area contributed by atoms with Crippen molar-refractivity contribution in [2.45, 2.75) is 0 Å². The minimum Gasteiger partial charge on any atom is -0.444 e. The van der Waals surface area contributed by atoms with Gasteiger partial charge in [-0.25, -0.2) is 0 Å². The van der Waals surface area contributed by atoms with Crippen LogP contribution in [-0.2, 0) is 20.4 Å². The second-order valence-electron chi connectivity index (χ2n) is 2.20. The van der Waals surface area contributed by atoms with Gasteiger partial charge in [0.25, 0.3) is 0 Å². The van der Waals surface area contributed by atoms with Crippen LogP contribution in [-0.4, -0.2) is 9.97 Å². The fourth-order valence-corrected chi connectivity index (χ4v) is 0.625. The Morgan fingerprint density at radius 3 is 0.895 bits per heavy atom. The summed E-state index contributed by atoms with van der Waals surface area (Å²) in [6.07, 6.45) is 7.00. The molecule has 9 heteroatoms. The third-order valence-electron chi connectivity index (χ3n) is 1.13. The minimum absolute atomic E-state index is 0. The molecule has 106 valence electrons. The molecule has 0 saturated carbocycles. The van der Waals surface area contributed by atoms with E-state index in [1.165, 1.54) is 0 Å². The Kier molecular flexibility index (Phi) is 28.7. The minimum atomic E-state index is 0. The normalized spacial score (nSPS) is 6.32. The molecule has 0 spiro atoms. The maximum absolute atomic E-state index is 8.00. The second kappa shape index (κ2) is 24.8. The van der Waals surface area contributed by atoms with E-state index in [-0.39, 0.29) is 20.4 Å². The largest absolute Gasteiger partial charge is 0.444 e. The van der Waals surface area contributed by atoms with Crippen molar-refractivity contribution < 1.29 is 20.4 Å². The van der Waals surface area contributed by atoms with Gasteiger partial charge in [0, 0.05) is 45.2 Å². The molecule has 0 fully saturated rings. The van der Waals surface area contributed by atoms with Crippen molar-refractivity contribution in [2.24, 2.45) is 10.7 Å². The average molecular weight is 357 g/mol. The van der Waals surface area contributed by atoms with Crippen LogP contribution in [0.25, 0.3) is 0 Å². The summed E-state index contributed by atoms with van der Waals surface area (Å²) < 4.78 is 0. The first kappa shape index (κ1) is 22.0. The monoisotopic (exact) mass is 356 g/mol. The fourth-order valence-electron chi connectivity index (χ4n) is 0.625. The summed E-state index contributed by atoms with van der Waals surface area (Å²) in [5.74, 6) is 0. The van der Waals surface area contributed by atoms with Gasteiger partial charge in [0.2, 0.25) is 0 Å². The molecule has 0 aliphatic rings. The fraction of sp³-hybridized carbons (Fsp3) is 0. The summed E-state index contributed by atoms with van der Waals surface area (Å²) in [5, 5.41) is 18.0. The first-order valence-electron chi connectivity index (χ1n) is 4.43. The summed E-state index contributed by atoms with van der Waals surface area (Å²) in [6, 6.07) is 11.4. The van der Waals surface area contributed by atoms with E-state index in [2.05, 4.69) is 9.97 Å². The summed E-state index contributed by atoms with van der Waals surface area (Å²) in [5.41, 5.74) is 0. The van der Waals surface area contributed by atoms with E-state index in [1.54, 1.807) is 24.8 Å². The summed E-state index contributed by atoms with van der Waals surface area (Å²) >= 11 is 0. The summed E-state index contributed by atoms with van der Waals surface area (Å²) in [4.78, 5) is 23.6. The van der Waals surface area contributed by atoms with Gasteiger partial charge in [-0.05, 0) is 24.3 Å². The van der Waals surface area contributed by atoms with Crippen LogP contribution in [0.3, 0.4) is 0 Å². The third kappa shape index (κ3) is 31.3. The van der Waals surface area contributed by atoms with Gasteiger partial charge in [0.15, 0.2) is 0 Å². The van der Waals surface area contributed by atoms with Crippen LogP contribution in [0.4, 0.5) is 0 Å². The van der Waals surface area contributed by atoms with Crippen molar-refractivity contribution in [3.8, 4) is 0 Å². The zero-order valence-corrected chi connectivity index (χ0v) is 11.1.